The van der Waals surface area contributed by atoms with Crippen LogP contribution < -0.4 is 5.32 Å². The number of hydrogen-bond acceptors (Lipinski definition) is 4. The number of allylic oxidation sites excluding steroid dienone is 1. The van der Waals surface area contributed by atoms with E-state index in [1.54, 1.807) is 6.08 Å². The lowest BCUT2D eigenvalue weighted by Gasteiger charge is -2.03. The lowest BCUT2D eigenvalue weighted by Crippen LogP contribution is -2.27. The number of oxazole rings is 1. The van der Waals surface area contributed by atoms with Crippen LogP contribution >= 0.6 is 0 Å². The first kappa shape index (κ1) is 14.3. The lowest BCUT2D eigenvalue weighted by atomic mass is 10.1. The molecule has 5 heteroatoms. The summed E-state index contributed by atoms with van der Waals surface area (Å²) in [6, 6.07) is 9.59. The second-order valence-corrected chi connectivity index (χ2v) is 5.15. The lowest BCUT2D eigenvalue weighted by molar-refractivity contribution is -0.120. The van der Waals surface area contributed by atoms with Crippen LogP contribution in [0.5, 0.6) is 0 Å². The minimum atomic E-state index is -0.0300. The van der Waals surface area contributed by atoms with Crippen LogP contribution in [0, 0.1) is 0 Å². The Balaban J connectivity index is 1.48. The average molecular weight is 296 g/mol. The van der Waals surface area contributed by atoms with Crippen molar-refractivity contribution in [2.75, 3.05) is 6.54 Å². The fourth-order valence-electron chi connectivity index (χ4n) is 2.32. The van der Waals surface area contributed by atoms with Crippen LogP contribution in [0.15, 0.2) is 40.8 Å². The molecule has 5 nitrogen and oxygen atoms in total. The van der Waals surface area contributed by atoms with Crippen LogP contribution in [0.2, 0.25) is 0 Å². The van der Waals surface area contributed by atoms with Crippen LogP contribution in [-0.2, 0) is 28.9 Å². The Bertz CT molecular complexity index is 717. The van der Waals surface area contributed by atoms with Crippen molar-refractivity contribution in [1.29, 1.82) is 0 Å². The van der Waals surface area contributed by atoms with Gasteiger partial charge in [0.05, 0.1) is 12.8 Å². The average Bonchev–Trinajstić information content (AvgIpc) is 2.90. The van der Waals surface area contributed by atoms with Gasteiger partial charge in [0.1, 0.15) is 11.5 Å². The zero-order valence-corrected chi connectivity index (χ0v) is 12.0. The number of amides is 1. The van der Waals surface area contributed by atoms with Gasteiger partial charge >= 0.3 is 0 Å². The van der Waals surface area contributed by atoms with Crippen LogP contribution in [0.25, 0.3) is 6.08 Å². The first-order valence-electron chi connectivity index (χ1n) is 7.21. The Hall–Kier alpha value is -2.69. The molecule has 0 unspecified atom stereocenters. The van der Waals surface area contributed by atoms with E-state index in [0.29, 0.717) is 36.7 Å². The highest BCUT2D eigenvalue weighted by Gasteiger charge is 2.17. The van der Waals surface area contributed by atoms with E-state index in [2.05, 4.69) is 10.3 Å². The van der Waals surface area contributed by atoms with Gasteiger partial charge in [-0.1, -0.05) is 30.3 Å². The fourth-order valence-corrected chi connectivity index (χ4v) is 2.32. The Labute approximate surface area is 128 Å². The highest BCUT2D eigenvalue weighted by molar-refractivity contribution is 5.97. The predicted molar refractivity (Wildman–Crippen MR) is 81.1 cm³/mol. The second kappa shape index (κ2) is 6.39. The maximum absolute atomic E-state index is 11.8. The van der Waals surface area contributed by atoms with Crippen LogP contribution in [-0.4, -0.2) is 23.2 Å². The molecule has 0 bridgehead atoms. The highest BCUT2D eigenvalue weighted by atomic mass is 16.4. The van der Waals surface area contributed by atoms with Crippen LogP contribution in [0.3, 0.4) is 0 Å². The number of carbonyl (C=O) groups excluding carboxylic acids is 2. The molecule has 0 spiro atoms. The van der Waals surface area contributed by atoms with E-state index < -0.39 is 0 Å². The summed E-state index contributed by atoms with van der Waals surface area (Å²) in [5.74, 6) is 1.14. The summed E-state index contributed by atoms with van der Waals surface area (Å²) in [5.41, 5.74) is 1.69. The third kappa shape index (κ3) is 3.49. The highest BCUT2D eigenvalue weighted by Crippen LogP contribution is 2.18. The van der Waals surface area contributed by atoms with Crippen molar-refractivity contribution >= 4 is 17.8 Å². The standard InChI is InChI=1S/C17H16N2O3/c20-13-6-7-14-15(11-13)22-17(19-14)8-9-18-16(21)10-12-4-2-1-3-5-12/h1-7H,8-11H2,(H,18,21). The van der Waals surface area contributed by atoms with Crippen molar-refractivity contribution in [1.82, 2.24) is 10.3 Å². The molecule has 1 amide bonds. The van der Waals surface area contributed by atoms with E-state index >= 15 is 0 Å². The van der Waals surface area contributed by atoms with E-state index in [4.69, 9.17) is 4.42 Å². The molecular formula is C17H16N2O3. The molecule has 2 aromatic rings. The number of rotatable bonds is 5. The maximum Gasteiger partial charge on any atom is 0.224 e. The molecule has 0 saturated heterocycles. The van der Waals surface area contributed by atoms with E-state index in [1.165, 1.54) is 6.08 Å². The Kier molecular flexibility index (Phi) is 4.14. The number of fused-ring (bicyclic) bond motifs is 1. The Morgan fingerprint density at radius 2 is 2.05 bits per heavy atom. The molecular weight excluding hydrogens is 280 g/mol. The summed E-state index contributed by atoms with van der Waals surface area (Å²) in [6.07, 6.45) is 4.31. The number of ketones is 1. The Morgan fingerprint density at radius 1 is 1.23 bits per heavy atom. The quantitative estimate of drug-likeness (QED) is 0.911. The van der Waals surface area contributed by atoms with E-state index in [-0.39, 0.29) is 18.1 Å². The van der Waals surface area contributed by atoms with E-state index in [1.807, 2.05) is 30.3 Å². The number of carbonyl (C=O) groups is 2. The van der Waals surface area contributed by atoms with Crippen LogP contribution in [0.1, 0.15) is 22.9 Å². The van der Waals surface area contributed by atoms with Gasteiger partial charge in [0.15, 0.2) is 11.7 Å². The molecule has 0 fully saturated rings. The molecule has 1 N–H and O–H groups in total. The van der Waals surface area contributed by atoms with Gasteiger partial charge in [0.25, 0.3) is 0 Å². The van der Waals surface area contributed by atoms with Gasteiger partial charge in [-0.05, 0) is 17.7 Å². The van der Waals surface area contributed by atoms with E-state index in [0.717, 1.165) is 5.56 Å². The molecule has 22 heavy (non-hydrogen) atoms. The first-order valence-corrected chi connectivity index (χ1v) is 7.21. The van der Waals surface area contributed by atoms with Crippen LogP contribution in [0.4, 0.5) is 0 Å². The number of aromatic nitrogens is 1. The van der Waals surface area contributed by atoms with Gasteiger partial charge < -0.3 is 9.73 Å². The predicted octanol–water partition coefficient (Wildman–Crippen LogP) is 1.71. The van der Waals surface area contributed by atoms with Crippen molar-refractivity contribution in [3.8, 4) is 0 Å². The summed E-state index contributed by atoms with van der Waals surface area (Å²) >= 11 is 0. The molecule has 0 aliphatic heterocycles. The van der Waals surface area contributed by atoms with Crippen molar-refractivity contribution < 1.29 is 14.0 Å². The first-order chi connectivity index (χ1) is 10.7. The molecule has 0 saturated carbocycles. The molecule has 1 aliphatic rings. The molecule has 1 aliphatic carbocycles. The van der Waals surface area contributed by atoms with Crippen molar-refractivity contribution in [3.63, 3.8) is 0 Å². The molecule has 1 heterocycles. The molecule has 3 rings (SSSR count). The van der Waals surface area contributed by atoms with Crippen molar-refractivity contribution in [2.24, 2.45) is 0 Å². The third-order valence-corrected chi connectivity index (χ3v) is 3.40. The zero-order chi connectivity index (χ0) is 15.4. The minimum absolute atomic E-state index is 0.0198. The zero-order valence-electron chi connectivity index (χ0n) is 12.0. The van der Waals surface area contributed by atoms with Gasteiger partial charge in [-0.25, -0.2) is 4.98 Å². The summed E-state index contributed by atoms with van der Waals surface area (Å²) in [7, 11) is 0. The van der Waals surface area contributed by atoms with E-state index in [9.17, 15) is 9.59 Å². The summed E-state index contributed by atoms with van der Waals surface area (Å²) < 4.78 is 5.54. The summed E-state index contributed by atoms with van der Waals surface area (Å²) in [5, 5.41) is 2.84. The third-order valence-electron chi connectivity index (χ3n) is 3.40. The van der Waals surface area contributed by atoms with Gasteiger partial charge in [-0.2, -0.15) is 0 Å². The van der Waals surface area contributed by atoms with Crippen molar-refractivity contribution in [2.45, 2.75) is 19.3 Å². The number of nitrogens with zero attached hydrogens (tertiary/aromatic N) is 1. The largest absolute Gasteiger partial charge is 0.445 e. The maximum atomic E-state index is 11.8. The number of nitrogens with one attached hydrogen (secondary N) is 1. The summed E-state index contributed by atoms with van der Waals surface area (Å²) in [4.78, 5) is 27.4. The fraction of sp³-hybridized carbons (Fsp3) is 0.235. The molecule has 0 radical (unpaired) electrons. The van der Waals surface area contributed by atoms with Gasteiger partial charge in [-0.3, -0.25) is 9.59 Å². The minimum Gasteiger partial charge on any atom is -0.445 e. The molecule has 1 aromatic carbocycles. The van der Waals surface area contributed by atoms with Gasteiger partial charge in [-0.15, -0.1) is 0 Å². The van der Waals surface area contributed by atoms with Gasteiger partial charge in [0.2, 0.25) is 5.91 Å². The smallest absolute Gasteiger partial charge is 0.224 e. The summed E-state index contributed by atoms with van der Waals surface area (Å²) in [6.45, 7) is 0.461. The molecule has 112 valence electrons. The normalized spacial score (nSPS) is 13.0. The number of benzene rings is 1. The SMILES string of the molecule is O=C1C=Cc2nc(CCNC(=O)Cc3ccccc3)oc2C1. The topological polar surface area (TPSA) is 72.2 Å². The Morgan fingerprint density at radius 3 is 2.86 bits per heavy atom. The van der Waals surface area contributed by atoms with Gasteiger partial charge in [0, 0.05) is 13.0 Å². The molecule has 1 aromatic heterocycles. The number of hydrogen-bond donors (Lipinski definition) is 1. The monoisotopic (exact) mass is 296 g/mol. The second-order valence-electron chi connectivity index (χ2n) is 5.15. The van der Waals surface area contributed by atoms with Crippen molar-refractivity contribution in [3.05, 3.63) is 59.3 Å². The molecule has 0 atom stereocenters.